The highest BCUT2D eigenvalue weighted by Gasteiger charge is 2.18. The molecule has 106 valence electrons. The molecular formula is C15H10F2N2O2. The van der Waals surface area contributed by atoms with Gasteiger partial charge in [-0.1, -0.05) is 6.07 Å². The number of hydrogen-bond donors (Lipinski definition) is 0. The number of ether oxygens (including phenoxy) is 1. The minimum Gasteiger partial charge on any atom is -0.497 e. The predicted octanol–water partition coefficient (Wildman–Crippen LogP) is 3.69. The first kappa shape index (κ1) is 13.2. The molecule has 21 heavy (non-hydrogen) atoms. The van der Waals surface area contributed by atoms with Crippen molar-refractivity contribution in [3.8, 4) is 28.7 Å². The summed E-state index contributed by atoms with van der Waals surface area (Å²) < 4.78 is 37.7. The van der Waals surface area contributed by atoms with Crippen LogP contribution in [-0.4, -0.2) is 17.3 Å². The molecule has 3 aromatic rings. The number of aromatic nitrogens is 2. The van der Waals surface area contributed by atoms with Crippen molar-refractivity contribution >= 4 is 0 Å². The zero-order valence-corrected chi connectivity index (χ0v) is 11.0. The molecule has 0 N–H and O–H groups in total. The van der Waals surface area contributed by atoms with Gasteiger partial charge in [0.2, 0.25) is 5.89 Å². The molecule has 0 saturated carbocycles. The Hall–Kier alpha value is -2.76. The Balaban J connectivity index is 1.99. The summed E-state index contributed by atoms with van der Waals surface area (Å²) in [6, 6.07) is 10.4. The summed E-state index contributed by atoms with van der Waals surface area (Å²) in [5.74, 6) is -0.842. The Morgan fingerprint density at radius 1 is 0.905 bits per heavy atom. The van der Waals surface area contributed by atoms with E-state index < -0.39 is 11.6 Å². The van der Waals surface area contributed by atoms with Crippen molar-refractivity contribution in [3.63, 3.8) is 0 Å². The van der Waals surface area contributed by atoms with Crippen LogP contribution in [0.3, 0.4) is 0 Å². The molecule has 6 heteroatoms. The van der Waals surface area contributed by atoms with Crippen molar-refractivity contribution in [3.05, 3.63) is 54.1 Å². The number of nitrogens with zero attached hydrogens (tertiary/aromatic N) is 2. The van der Waals surface area contributed by atoms with Crippen LogP contribution in [0.5, 0.6) is 5.75 Å². The molecule has 0 radical (unpaired) electrons. The Kier molecular flexibility index (Phi) is 3.35. The molecule has 0 aliphatic carbocycles. The number of benzene rings is 2. The number of methoxy groups -OCH3 is 1. The maximum absolute atomic E-state index is 13.7. The number of hydrogen-bond acceptors (Lipinski definition) is 4. The van der Waals surface area contributed by atoms with Crippen LogP contribution in [-0.2, 0) is 0 Å². The molecule has 0 aliphatic rings. The van der Waals surface area contributed by atoms with Crippen LogP contribution < -0.4 is 4.74 Å². The Morgan fingerprint density at radius 2 is 1.52 bits per heavy atom. The zero-order valence-electron chi connectivity index (χ0n) is 11.0. The zero-order chi connectivity index (χ0) is 14.8. The van der Waals surface area contributed by atoms with Gasteiger partial charge in [-0.2, -0.15) is 0 Å². The molecule has 0 spiro atoms. The van der Waals surface area contributed by atoms with Crippen LogP contribution in [0.1, 0.15) is 0 Å². The average molecular weight is 288 g/mol. The van der Waals surface area contributed by atoms with Gasteiger partial charge in [0.15, 0.2) is 0 Å². The third kappa shape index (κ3) is 2.47. The Labute approximate surface area is 119 Å². The van der Waals surface area contributed by atoms with E-state index in [0.29, 0.717) is 11.3 Å². The van der Waals surface area contributed by atoms with Crippen molar-refractivity contribution in [2.24, 2.45) is 0 Å². The summed E-state index contributed by atoms with van der Waals surface area (Å²) in [6.07, 6.45) is 0. The van der Waals surface area contributed by atoms with E-state index in [-0.39, 0.29) is 17.3 Å². The molecule has 0 amide bonds. The van der Waals surface area contributed by atoms with Gasteiger partial charge in [0.25, 0.3) is 5.89 Å². The van der Waals surface area contributed by atoms with Crippen LogP contribution >= 0.6 is 0 Å². The molecule has 4 nitrogen and oxygen atoms in total. The quantitative estimate of drug-likeness (QED) is 0.737. The van der Waals surface area contributed by atoms with E-state index in [1.807, 2.05) is 0 Å². The Morgan fingerprint density at radius 3 is 2.14 bits per heavy atom. The van der Waals surface area contributed by atoms with E-state index in [4.69, 9.17) is 9.15 Å². The van der Waals surface area contributed by atoms with Crippen molar-refractivity contribution in [2.75, 3.05) is 7.11 Å². The second kappa shape index (κ2) is 5.32. The highest BCUT2D eigenvalue weighted by Crippen LogP contribution is 2.28. The molecule has 0 unspecified atom stereocenters. The average Bonchev–Trinajstić information content (AvgIpc) is 2.97. The Bertz CT molecular complexity index is 749. The molecule has 0 saturated heterocycles. The second-order valence-electron chi connectivity index (χ2n) is 4.24. The fourth-order valence-corrected chi connectivity index (χ4v) is 1.88. The molecule has 2 aromatic carbocycles. The van der Waals surface area contributed by atoms with Crippen LogP contribution in [0.15, 0.2) is 46.9 Å². The summed E-state index contributed by atoms with van der Waals surface area (Å²) in [6.45, 7) is 0. The lowest BCUT2D eigenvalue weighted by atomic mass is 10.2. The first-order valence-corrected chi connectivity index (χ1v) is 6.11. The molecule has 0 atom stereocenters. The number of rotatable bonds is 3. The van der Waals surface area contributed by atoms with Crippen LogP contribution in [0.4, 0.5) is 8.78 Å². The van der Waals surface area contributed by atoms with E-state index >= 15 is 0 Å². The minimum absolute atomic E-state index is 0.176. The summed E-state index contributed by atoms with van der Waals surface area (Å²) >= 11 is 0. The molecule has 1 heterocycles. The standard InChI is InChI=1S/C15H10F2N2O2/c1-20-10-7-5-9(6-8-10)14-18-19-15(21-14)13-11(16)3-2-4-12(13)17/h2-8H,1H3. The van der Waals surface area contributed by atoms with E-state index in [0.717, 1.165) is 12.1 Å². The van der Waals surface area contributed by atoms with Gasteiger partial charge in [0, 0.05) is 5.56 Å². The van der Waals surface area contributed by atoms with Gasteiger partial charge in [-0.05, 0) is 36.4 Å². The molecule has 0 fully saturated rings. The second-order valence-corrected chi connectivity index (χ2v) is 4.24. The fourth-order valence-electron chi connectivity index (χ4n) is 1.88. The van der Waals surface area contributed by atoms with Crippen LogP contribution in [0.25, 0.3) is 22.9 Å². The van der Waals surface area contributed by atoms with Crippen molar-refractivity contribution < 1.29 is 17.9 Å². The van der Waals surface area contributed by atoms with Crippen molar-refractivity contribution in [2.45, 2.75) is 0 Å². The van der Waals surface area contributed by atoms with Gasteiger partial charge in [-0.3, -0.25) is 0 Å². The summed E-state index contributed by atoms with van der Waals surface area (Å²) in [7, 11) is 1.56. The molecule has 1 aromatic heterocycles. The maximum Gasteiger partial charge on any atom is 0.254 e. The molecule has 0 bridgehead atoms. The predicted molar refractivity (Wildman–Crippen MR) is 71.6 cm³/mol. The lowest BCUT2D eigenvalue weighted by Crippen LogP contribution is -1.89. The van der Waals surface area contributed by atoms with Crippen molar-refractivity contribution in [1.29, 1.82) is 0 Å². The van der Waals surface area contributed by atoms with E-state index in [1.54, 1.807) is 31.4 Å². The van der Waals surface area contributed by atoms with Crippen molar-refractivity contribution in [1.82, 2.24) is 10.2 Å². The smallest absolute Gasteiger partial charge is 0.254 e. The molecule has 0 aliphatic heterocycles. The van der Waals surface area contributed by atoms with Crippen LogP contribution in [0.2, 0.25) is 0 Å². The van der Waals surface area contributed by atoms with Crippen LogP contribution in [0, 0.1) is 11.6 Å². The van der Waals surface area contributed by atoms with Gasteiger partial charge >= 0.3 is 0 Å². The first-order chi connectivity index (χ1) is 10.2. The highest BCUT2D eigenvalue weighted by molar-refractivity contribution is 5.59. The molecule has 3 rings (SSSR count). The van der Waals surface area contributed by atoms with Gasteiger partial charge in [0.1, 0.15) is 22.9 Å². The van der Waals surface area contributed by atoms with Gasteiger partial charge in [0.05, 0.1) is 7.11 Å². The highest BCUT2D eigenvalue weighted by atomic mass is 19.1. The topological polar surface area (TPSA) is 48.2 Å². The minimum atomic E-state index is -0.750. The maximum atomic E-state index is 13.7. The van der Waals surface area contributed by atoms with Gasteiger partial charge < -0.3 is 9.15 Å². The van der Waals surface area contributed by atoms with Gasteiger partial charge in [-0.15, -0.1) is 10.2 Å². The lowest BCUT2D eigenvalue weighted by Gasteiger charge is -2.00. The summed E-state index contributed by atoms with van der Waals surface area (Å²) in [4.78, 5) is 0. The monoisotopic (exact) mass is 288 g/mol. The summed E-state index contributed by atoms with van der Waals surface area (Å²) in [5.41, 5.74) is 0.302. The van der Waals surface area contributed by atoms with E-state index in [9.17, 15) is 8.78 Å². The third-order valence-electron chi connectivity index (χ3n) is 2.94. The largest absolute Gasteiger partial charge is 0.497 e. The molecular weight excluding hydrogens is 278 g/mol. The summed E-state index contributed by atoms with van der Waals surface area (Å²) in [5, 5.41) is 7.51. The number of halogens is 2. The fraction of sp³-hybridized carbons (Fsp3) is 0.0667. The normalized spacial score (nSPS) is 10.6. The van der Waals surface area contributed by atoms with Gasteiger partial charge in [-0.25, -0.2) is 8.78 Å². The van der Waals surface area contributed by atoms with E-state index in [2.05, 4.69) is 10.2 Å². The SMILES string of the molecule is COc1ccc(-c2nnc(-c3c(F)cccc3F)o2)cc1. The first-order valence-electron chi connectivity index (χ1n) is 6.11. The third-order valence-corrected chi connectivity index (χ3v) is 2.94. The lowest BCUT2D eigenvalue weighted by molar-refractivity contribution is 0.415. The van der Waals surface area contributed by atoms with E-state index in [1.165, 1.54) is 6.07 Å².